The van der Waals surface area contributed by atoms with Crippen molar-refractivity contribution in [2.75, 3.05) is 35.8 Å². The number of halogens is 2. The van der Waals surface area contributed by atoms with E-state index >= 15 is 0 Å². The molecule has 2 aromatic carbocycles. The van der Waals surface area contributed by atoms with Crippen LogP contribution in [0, 0.1) is 5.82 Å². The molecule has 1 N–H and O–H groups in total. The highest BCUT2D eigenvalue weighted by Gasteiger charge is 2.14. The zero-order chi connectivity index (χ0) is 19.3. The monoisotopic (exact) mass is 377 g/mol. The minimum absolute atomic E-state index is 0.0610. The minimum atomic E-state index is -0.548. The lowest BCUT2D eigenvalue weighted by Gasteiger charge is -2.22. The summed E-state index contributed by atoms with van der Waals surface area (Å²) in [5.41, 5.74) is 2.15. The molecule has 0 bridgehead atoms. The Morgan fingerprint density at radius 3 is 2.23 bits per heavy atom. The fourth-order valence-corrected chi connectivity index (χ4v) is 2.59. The van der Waals surface area contributed by atoms with Gasteiger partial charge < -0.3 is 15.1 Å². The maximum Gasteiger partial charge on any atom is 0.226 e. The van der Waals surface area contributed by atoms with Crippen molar-refractivity contribution < 1.29 is 14.0 Å². The van der Waals surface area contributed by atoms with E-state index in [1.165, 1.54) is 30.0 Å². The number of anilines is 3. The number of nitrogens with one attached hydrogen (secondary N) is 1. The predicted octanol–water partition coefficient (Wildman–Crippen LogP) is 3.93. The van der Waals surface area contributed by atoms with Gasteiger partial charge in [-0.1, -0.05) is 11.6 Å². The van der Waals surface area contributed by atoms with E-state index < -0.39 is 5.82 Å². The quantitative estimate of drug-likeness (QED) is 0.829. The molecule has 2 aromatic rings. The standard InChI is InChI=1S/C19H21ClFN3O2/c1-13(25)24(16-7-5-15(6-8-16)23(2)3)11-10-19(26)22-14-4-9-18(21)17(20)12-14/h4-9,12H,10-11H2,1-3H3,(H,22,26). The first-order chi connectivity index (χ1) is 12.3. The first-order valence-electron chi connectivity index (χ1n) is 8.08. The maximum absolute atomic E-state index is 13.2. The van der Waals surface area contributed by atoms with Gasteiger partial charge in [0.15, 0.2) is 0 Å². The SMILES string of the molecule is CC(=O)N(CCC(=O)Nc1ccc(F)c(Cl)c1)c1ccc(N(C)C)cc1. The summed E-state index contributed by atoms with van der Waals surface area (Å²) in [7, 11) is 3.87. The second-order valence-electron chi connectivity index (χ2n) is 6.01. The molecule has 5 nitrogen and oxygen atoms in total. The van der Waals surface area contributed by atoms with Gasteiger partial charge in [0, 0.05) is 51.0 Å². The predicted molar refractivity (Wildman–Crippen MR) is 103 cm³/mol. The van der Waals surface area contributed by atoms with Crippen LogP contribution in [0.5, 0.6) is 0 Å². The second kappa shape index (κ2) is 8.67. The number of hydrogen-bond acceptors (Lipinski definition) is 3. The summed E-state index contributed by atoms with van der Waals surface area (Å²) in [5, 5.41) is 2.58. The Kier molecular flexibility index (Phi) is 6.58. The minimum Gasteiger partial charge on any atom is -0.378 e. The Balaban J connectivity index is 2.00. The smallest absolute Gasteiger partial charge is 0.226 e. The normalized spacial score (nSPS) is 10.3. The largest absolute Gasteiger partial charge is 0.378 e. The molecule has 7 heteroatoms. The summed E-state index contributed by atoms with van der Waals surface area (Å²) < 4.78 is 13.2. The van der Waals surface area contributed by atoms with Gasteiger partial charge in [0.2, 0.25) is 11.8 Å². The lowest BCUT2D eigenvalue weighted by atomic mass is 10.2. The first-order valence-corrected chi connectivity index (χ1v) is 8.46. The van der Waals surface area contributed by atoms with Crippen LogP contribution in [0.1, 0.15) is 13.3 Å². The molecule has 0 aliphatic rings. The van der Waals surface area contributed by atoms with Crippen molar-refractivity contribution in [1.29, 1.82) is 0 Å². The van der Waals surface area contributed by atoms with Crippen LogP contribution < -0.4 is 15.1 Å². The molecule has 0 heterocycles. The summed E-state index contributed by atoms with van der Waals surface area (Å²) in [6, 6.07) is 11.5. The topological polar surface area (TPSA) is 52.7 Å². The van der Waals surface area contributed by atoms with Gasteiger partial charge in [-0.2, -0.15) is 0 Å². The summed E-state index contributed by atoms with van der Waals surface area (Å²) in [6.45, 7) is 1.69. The molecule has 2 rings (SSSR count). The number of carbonyl (C=O) groups is 2. The Bertz CT molecular complexity index is 794. The van der Waals surface area contributed by atoms with Crippen LogP contribution in [-0.2, 0) is 9.59 Å². The summed E-state index contributed by atoms with van der Waals surface area (Å²) in [6.07, 6.45) is 0.101. The van der Waals surface area contributed by atoms with Crippen LogP contribution in [0.2, 0.25) is 5.02 Å². The molecule has 0 saturated carbocycles. The number of nitrogens with zero attached hydrogens (tertiary/aromatic N) is 2. The van der Waals surface area contributed by atoms with Gasteiger partial charge in [-0.3, -0.25) is 9.59 Å². The zero-order valence-corrected chi connectivity index (χ0v) is 15.7. The molecule has 26 heavy (non-hydrogen) atoms. The fourth-order valence-electron chi connectivity index (χ4n) is 2.41. The van der Waals surface area contributed by atoms with Gasteiger partial charge in [-0.25, -0.2) is 4.39 Å². The molecule has 0 spiro atoms. The van der Waals surface area contributed by atoms with Crippen molar-refractivity contribution in [3.8, 4) is 0 Å². The van der Waals surface area contributed by atoms with Crippen molar-refractivity contribution in [3.05, 3.63) is 53.3 Å². The Morgan fingerprint density at radius 2 is 1.69 bits per heavy atom. The number of amides is 2. The van der Waals surface area contributed by atoms with Crippen LogP contribution in [-0.4, -0.2) is 32.5 Å². The molecule has 0 unspecified atom stereocenters. The second-order valence-corrected chi connectivity index (χ2v) is 6.42. The zero-order valence-electron chi connectivity index (χ0n) is 14.9. The van der Waals surface area contributed by atoms with E-state index in [9.17, 15) is 14.0 Å². The fraction of sp³-hybridized carbons (Fsp3) is 0.263. The summed E-state index contributed by atoms with van der Waals surface area (Å²) >= 11 is 5.70. The molecule has 0 saturated heterocycles. The highest BCUT2D eigenvalue weighted by atomic mass is 35.5. The van der Waals surface area contributed by atoms with Crippen LogP contribution >= 0.6 is 11.6 Å². The maximum atomic E-state index is 13.2. The Morgan fingerprint density at radius 1 is 1.08 bits per heavy atom. The third-order valence-corrected chi connectivity index (χ3v) is 4.11. The third kappa shape index (κ3) is 5.20. The van der Waals surface area contributed by atoms with Crippen molar-refractivity contribution in [2.45, 2.75) is 13.3 Å². The third-order valence-electron chi connectivity index (χ3n) is 3.82. The Labute approximate surface area is 157 Å². The molecule has 0 fully saturated rings. The van der Waals surface area contributed by atoms with E-state index in [0.717, 1.165) is 11.4 Å². The van der Waals surface area contributed by atoms with E-state index in [1.807, 2.05) is 43.3 Å². The van der Waals surface area contributed by atoms with Gasteiger partial charge in [0.05, 0.1) is 5.02 Å². The number of benzene rings is 2. The molecule has 0 radical (unpaired) electrons. The van der Waals surface area contributed by atoms with Gasteiger partial charge >= 0.3 is 0 Å². The number of carbonyl (C=O) groups excluding carboxylic acids is 2. The highest BCUT2D eigenvalue weighted by molar-refractivity contribution is 6.31. The number of hydrogen-bond donors (Lipinski definition) is 1. The molecular weight excluding hydrogens is 357 g/mol. The molecular formula is C19H21ClFN3O2. The van der Waals surface area contributed by atoms with Gasteiger partial charge in [-0.05, 0) is 42.5 Å². The first kappa shape index (κ1) is 19.7. The summed E-state index contributed by atoms with van der Waals surface area (Å²) in [5.74, 6) is -0.988. The van der Waals surface area contributed by atoms with E-state index in [0.29, 0.717) is 5.69 Å². The van der Waals surface area contributed by atoms with Crippen LogP contribution in [0.3, 0.4) is 0 Å². The number of rotatable bonds is 6. The van der Waals surface area contributed by atoms with E-state index in [-0.39, 0.29) is 29.8 Å². The molecule has 0 aliphatic carbocycles. The molecule has 138 valence electrons. The van der Waals surface area contributed by atoms with Crippen LogP contribution in [0.25, 0.3) is 0 Å². The summed E-state index contributed by atoms with van der Waals surface area (Å²) in [4.78, 5) is 27.6. The van der Waals surface area contributed by atoms with Crippen molar-refractivity contribution in [2.24, 2.45) is 0 Å². The molecule has 0 aliphatic heterocycles. The van der Waals surface area contributed by atoms with Crippen molar-refractivity contribution in [1.82, 2.24) is 0 Å². The van der Waals surface area contributed by atoms with Crippen LogP contribution in [0.15, 0.2) is 42.5 Å². The van der Waals surface area contributed by atoms with Gasteiger partial charge in [0.1, 0.15) is 5.82 Å². The van der Waals surface area contributed by atoms with E-state index in [1.54, 1.807) is 0 Å². The average Bonchev–Trinajstić information content (AvgIpc) is 2.58. The highest BCUT2D eigenvalue weighted by Crippen LogP contribution is 2.21. The van der Waals surface area contributed by atoms with E-state index in [4.69, 9.17) is 11.6 Å². The van der Waals surface area contributed by atoms with Crippen molar-refractivity contribution in [3.63, 3.8) is 0 Å². The van der Waals surface area contributed by atoms with Crippen LogP contribution in [0.4, 0.5) is 21.5 Å². The molecule has 2 amide bonds. The lowest BCUT2D eigenvalue weighted by Crippen LogP contribution is -2.32. The molecule has 0 atom stereocenters. The average molecular weight is 378 g/mol. The molecule has 0 aromatic heterocycles. The van der Waals surface area contributed by atoms with Gasteiger partial charge in [-0.15, -0.1) is 0 Å². The van der Waals surface area contributed by atoms with Crippen molar-refractivity contribution >= 4 is 40.5 Å². The van der Waals surface area contributed by atoms with E-state index in [2.05, 4.69) is 5.32 Å². The Hall–Kier alpha value is -2.60. The van der Waals surface area contributed by atoms with Gasteiger partial charge in [0.25, 0.3) is 0 Å². The lowest BCUT2D eigenvalue weighted by molar-refractivity contribution is -0.117.